The van der Waals surface area contributed by atoms with Crippen LogP contribution in [0.15, 0.2) is 24.3 Å². The zero-order chi connectivity index (χ0) is 22.0. The monoisotopic (exact) mass is 449 g/mol. The Bertz CT molecular complexity index is 720. The van der Waals surface area contributed by atoms with Crippen LogP contribution in [0.3, 0.4) is 0 Å². The molecule has 6 N–H and O–H groups in total. The van der Waals surface area contributed by atoms with E-state index in [0.29, 0.717) is 0 Å². The molecule has 1 aromatic carbocycles. The van der Waals surface area contributed by atoms with Crippen LogP contribution < -0.4 is 4.74 Å². The van der Waals surface area contributed by atoms with Crippen LogP contribution in [0.4, 0.5) is 5.69 Å². The molecule has 13 heteroatoms. The Hall–Kier alpha value is -1.55. The second kappa shape index (κ2) is 9.72. The number of aliphatic hydroxyl groups is 6. The lowest BCUT2D eigenvalue weighted by Gasteiger charge is -2.42. The predicted molar refractivity (Wildman–Crippen MR) is 100 cm³/mol. The van der Waals surface area contributed by atoms with Crippen molar-refractivity contribution in [2.45, 2.75) is 60.2 Å². The van der Waals surface area contributed by atoms with E-state index < -0.39 is 65.3 Å². The van der Waals surface area contributed by atoms with E-state index in [1.165, 1.54) is 24.3 Å². The van der Waals surface area contributed by atoms with Crippen LogP contribution in [0.5, 0.6) is 5.75 Å². The summed E-state index contributed by atoms with van der Waals surface area (Å²) >= 11 is 0.884. The molecule has 0 aliphatic carbocycles. The molecule has 2 aliphatic rings. The standard InChI is InChI=1S/C17H23NO11S/c19-6-10-13(22)14(23)15(24)17(28-10)30-11-5-9(20)12(21)16(29-11)27-8-3-1-7(2-4-8)18(25)26/h1-4,9-17,19-24H,5-6H2/t9-,10-,11-,12-,13+,14+,15-,16?,17+/m0/s1. The topological polar surface area (TPSA) is 192 Å². The molecule has 0 saturated carbocycles. The van der Waals surface area contributed by atoms with Crippen molar-refractivity contribution < 1.29 is 49.8 Å². The lowest BCUT2D eigenvalue weighted by atomic mass is 10.0. The maximum atomic E-state index is 10.7. The first kappa shape index (κ1) is 23.1. The highest BCUT2D eigenvalue weighted by Crippen LogP contribution is 2.36. The van der Waals surface area contributed by atoms with E-state index in [4.69, 9.17) is 14.2 Å². The minimum Gasteiger partial charge on any atom is -0.462 e. The van der Waals surface area contributed by atoms with Crippen molar-refractivity contribution in [1.82, 2.24) is 0 Å². The van der Waals surface area contributed by atoms with Crippen LogP contribution in [0.25, 0.3) is 0 Å². The average molecular weight is 449 g/mol. The number of rotatable bonds is 6. The molecule has 2 fully saturated rings. The highest BCUT2D eigenvalue weighted by Gasteiger charge is 2.46. The minimum atomic E-state index is -1.56. The Morgan fingerprint density at radius 1 is 1.03 bits per heavy atom. The van der Waals surface area contributed by atoms with Gasteiger partial charge in [0, 0.05) is 18.6 Å². The van der Waals surface area contributed by atoms with Crippen molar-refractivity contribution in [1.29, 1.82) is 0 Å². The highest BCUT2D eigenvalue weighted by molar-refractivity contribution is 8.00. The van der Waals surface area contributed by atoms with Gasteiger partial charge in [-0.15, -0.1) is 0 Å². The molecule has 1 aromatic rings. The van der Waals surface area contributed by atoms with Gasteiger partial charge >= 0.3 is 0 Å². The third-order valence-electron chi connectivity index (χ3n) is 4.83. The van der Waals surface area contributed by atoms with E-state index in [0.717, 1.165) is 11.8 Å². The van der Waals surface area contributed by atoms with Gasteiger partial charge in [0.05, 0.1) is 17.6 Å². The first-order chi connectivity index (χ1) is 14.2. The lowest BCUT2D eigenvalue weighted by molar-refractivity contribution is -0.384. The molecule has 2 saturated heterocycles. The molecule has 0 aromatic heterocycles. The predicted octanol–water partition coefficient (Wildman–Crippen LogP) is -1.70. The number of nitro benzene ring substituents is 1. The number of aliphatic hydroxyl groups excluding tert-OH is 6. The number of hydrogen-bond donors (Lipinski definition) is 6. The van der Waals surface area contributed by atoms with Crippen molar-refractivity contribution >= 4 is 17.4 Å². The number of ether oxygens (including phenoxy) is 3. The van der Waals surface area contributed by atoms with Crippen molar-refractivity contribution in [2.75, 3.05) is 6.61 Å². The fourth-order valence-corrected chi connectivity index (χ4v) is 4.41. The molecule has 0 spiro atoms. The summed E-state index contributed by atoms with van der Waals surface area (Å²) in [4.78, 5) is 10.2. The first-order valence-electron chi connectivity index (χ1n) is 9.10. The summed E-state index contributed by atoms with van der Waals surface area (Å²) in [5.74, 6) is 0.162. The fraction of sp³-hybridized carbons (Fsp3) is 0.647. The highest BCUT2D eigenvalue weighted by atomic mass is 32.2. The molecular formula is C17H23NO11S. The Morgan fingerprint density at radius 3 is 2.30 bits per heavy atom. The van der Waals surface area contributed by atoms with Crippen molar-refractivity contribution in [3.05, 3.63) is 34.4 Å². The molecule has 12 nitrogen and oxygen atoms in total. The van der Waals surface area contributed by atoms with Crippen LogP contribution >= 0.6 is 11.8 Å². The largest absolute Gasteiger partial charge is 0.462 e. The van der Waals surface area contributed by atoms with Crippen molar-refractivity contribution in [3.8, 4) is 5.75 Å². The number of thioether (sulfide) groups is 1. The van der Waals surface area contributed by atoms with Gasteiger partial charge in [-0.3, -0.25) is 10.1 Å². The molecule has 168 valence electrons. The molecular weight excluding hydrogens is 426 g/mol. The Kier molecular flexibility index (Phi) is 7.49. The van der Waals surface area contributed by atoms with Crippen LogP contribution in [0, 0.1) is 10.1 Å². The van der Waals surface area contributed by atoms with Crippen LogP contribution in [0.1, 0.15) is 6.42 Å². The third kappa shape index (κ3) is 5.01. The van der Waals surface area contributed by atoms with Gasteiger partial charge in [0.1, 0.15) is 47.1 Å². The number of hydrogen-bond acceptors (Lipinski definition) is 12. The Labute approximate surface area is 174 Å². The van der Waals surface area contributed by atoms with E-state index in [-0.39, 0.29) is 17.9 Å². The molecule has 0 amide bonds. The maximum Gasteiger partial charge on any atom is 0.269 e. The Morgan fingerprint density at radius 2 is 1.70 bits per heavy atom. The van der Waals surface area contributed by atoms with E-state index in [1.54, 1.807) is 0 Å². The van der Waals surface area contributed by atoms with Gasteiger partial charge in [-0.1, -0.05) is 11.8 Å². The van der Waals surface area contributed by atoms with Gasteiger partial charge in [-0.2, -0.15) is 0 Å². The number of non-ortho nitro benzene ring substituents is 1. The molecule has 2 heterocycles. The normalized spacial score (nSPS) is 39.5. The molecule has 2 aliphatic heterocycles. The van der Waals surface area contributed by atoms with Crippen molar-refractivity contribution in [3.63, 3.8) is 0 Å². The van der Waals surface area contributed by atoms with Gasteiger partial charge < -0.3 is 44.8 Å². The SMILES string of the molecule is O=[N+]([O-])c1ccc(OC2O[C@@H](S[C@H]3O[C@@H](CO)[C@@H](O)[C@@H](O)[C@@H]3O)C[C@H](O)[C@@H]2O)cc1. The van der Waals surface area contributed by atoms with E-state index >= 15 is 0 Å². The summed E-state index contributed by atoms with van der Waals surface area (Å²) < 4.78 is 16.5. The third-order valence-corrected chi connectivity index (χ3v) is 6.09. The van der Waals surface area contributed by atoms with Crippen molar-refractivity contribution in [2.24, 2.45) is 0 Å². The summed E-state index contributed by atoms with van der Waals surface area (Å²) in [6.07, 6.45) is -9.67. The molecule has 1 unspecified atom stereocenters. The summed E-state index contributed by atoms with van der Waals surface area (Å²) in [5.41, 5.74) is -2.08. The van der Waals surface area contributed by atoms with Gasteiger partial charge in [0.2, 0.25) is 6.29 Å². The summed E-state index contributed by atoms with van der Waals surface area (Å²) in [6.45, 7) is -0.583. The smallest absolute Gasteiger partial charge is 0.269 e. The number of benzene rings is 1. The van der Waals surface area contributed by atoms with Crippen LogP contribution in [0.2, 0.25) is 0 Å². The summed E-state index contributed by atoms with van der Waals surface area (Å²) in [7, 11) is 0. The zero-order valence-electron chi connectivity index (χ0n) is 15.5. The van der Waals surface area contributed by atoms with Crippen LogP contribution in [-0.4, -0.2) is 96.0 Å². The average Bonchev–Trinajstić information content (AvgIpc) is 2.72. The number of nitrogens with zero attached hydrogens (tertiary/aromatic N) is 1. The molecule has 0 radical (unpaired) electrons. The number of nitro groups is 1. The van der Waals surface area contributed by atoms with E-state index in [1.807, 2.05) is 0 Å². The van der Waals surface area contributed by atoms with Gasteiger partial charge in [0.15, 0.2) is 0 Å². The first-order valence-corrected chi connectivity index (χ1v) is 10.0. The van der Waals surface area contributed by atoms with E-state index in [2.05, 4.69) is 0 Å². The van der Waals surface area contributed by atoms with Crippen LogP contribution in [-0.2, 0) is 9.47 Å². The quantitative estimate of drug-likeness (QED) is 0.213. The molecule has 3 rings (SSSR count). The zero-order valence-corrected chi connectivity index (χ0v) is 16.3. The van der Waals surface area contributed by atoms with E-state index in [9.17, 15) is 40.8 Å². The summed E-state index contributed by atoms with van der Waals surface area (Å²) in [6, 6.07) is 5.05. The minimum absolute atomic E-state index is 0.0546. The van der Waals surface area contributed by atoms with Gasteiger partial charge in [-0.05, 0) is 12.1 Å². The Balaban J connectivity index is 1.66. The summed E-state index contributed by atoms with van der Waals surface area (Å²) in [5, 5.41) is 70.2. The van der Waals surface area contributed by atoms with Gasteiger partial charge in [0.25, 0.3) is 5.69 Å². The lowest BCUT2D eigenvalue weighted by Crippen LogP contribution is -2.58. The second-order valence-electron chi connectivity index (χ2n) is 6.93. The molecule has 9 atom stereocenters. The molecule has 30 heavy (non-hydrogen) atoms. The van der Waals surface area contributed by atoms with Gasteiger partial charge in [-0.25, -0.2) is 0 Å². The molecule has 0 bridgehead atoms. The fourth-order valence-electron chi connectivity index (χ4n) is 3.10. The second-order valence-corrected chi connectivity index (χ2v) is 8.19. The maximum absolute atomic E-state index is 10.7.